The topological polar surface area (TPSA) is 70.6 Å². The molecule has 2 fully saturated rings. The maximum absolute atomic E-state index is 11.6. The normalized spacial score (nSPS) is 22.4. The van der Waals surface area contributed by atoms with Gasteiger partial charge in [0.15, 0.2) is 5.96 Å². The molecule has 0 bridgehead atoms. The van der Waals surface area contributed by atoms with Crippen molar-refractivity contribution in [1.29, 1.82) is 0 Å². The van der Waals surface area contributed by atoms with Crippen LogP contribution >= 0.6 is 0 Å². The fraction of sp³-hybridized carbons (Fsp3) is 0.947. The standard InChI is InChI=1S/C19H37N3O2S/c1-4-20-18(21-14-19(12-13-19)15-25(3,23)24)22-16(2)10-11-17-8-6-5-7-9-17/h16-17H,4-15H2,1-3H3,(H2,20,21,22). The molecular weight excluding hydrogens is 334 g/mol. The summed E-state index contributed by atoms with van der Waals surface area (Å²) in [5.74, 6) is 2.00. The number of rotatable bonds is 9. The lowest BCUT2D eigenvalue weighted by atomic mass is 9.85. The SMILES string of the molecule is CCNC(=NCC1(CS(C)(=O)=O)CC1)NC(C)CCC1CCCCC1. The number of hydrogen-bond acceptors (Lipinski definition) is 3. The van der Waals surface area contributed by atoms with E-state index in [2.05, 4.69) is 24.5 Å². The lowest BCUT2D eigenvalue weighted by Crippen LogP contribution is -2.42. The van der Waals surface area contributed by atoms with Crippen molar-refractivity contribution in [1.82, 2.24) is 10.6 Å². The molecule has 0 aromatic rings. The van der Waals surface area contributed by atoms with Gasteiger partial charge in [0.25, 0.3) is 0 Å². The van der Waals surface area contributed by atoms with Crippen molar-refractivity contribution in [2.45, 2.75) is 77.7 Å². The van der Waals surface area contributed by atoms with Gasteiger partial charge in [-0.15, -0.1) is 0 Å². The summed E-state index contributed by atoms with van der Waals surface area (Å²) in [6.07, 6.45) is 12.8. The monoisotopic (exact) mass is 371 g/mol. The summed E-state index contributed by atoms with van der Waals surface area (Å²) in [6, 6.07) is 0.393. The predicted molar refractivity (Wildman–Crippen MR) is 106 cm³/mol. The molecule has 25 heavy (non-hydrogen) atoms. The van der Waals surface area contributed by atoms with Gasteiger partial charge < -0.3 is 10.6 Å². The second kappa shape index (κ2) is 9.24. The van der Waals surface area contributed by atoms with E-state index in [1.165, 1.54) is 51.2 Å². The molecule has 0 spiro atoms. The summed E-state index contributed by atoms with van der Waals surface area (Å²) in [6.45, 7) is 5.71. The second-order valence-corrected chi connectivity index (χ2v) is 10.5. The minimum Gasteiger partial charge on any atom is -0.357 e. The third-order valence-corrected chi connectivity index (χ3v) is 6.69. The van der Waals surface area contributed by atoms with Gasteiger partial charge in [0.05, 0.1) is 5.75 Å². The largest absolute Gasteiger partial charge is 0.357 e. The molecule has 2 saturated carbocycles. The molecule has 0 radical (unpaired) electrons. The van der Waals surface area contributed by atoms with Gasteiger partial charge >= 0.3 is 0 Å². The zero-order valence-electron chi connectivity index (χ0n) is 16.3. The highest BCUT2D eigenvalue weighted by Crippen LogP contribution is 2.46. The van der Waals surface area contributed by atoms with Crippen LogP contribution in [0, 0.1) is 11.3 Å². The van der Waals surface area contributed by atoms with Gasteiger partial charge in [0, 0.05) is 30.8 Å². The summed E-state index contributed by atoms with van der Waals surface area (Å²) in [4.78, 5) is 4.70. The maximum atomic E-state index is 11.6. The minimum absolute atomic E-state index is 0.110. The Hall–Kier alpha value is -0.780. The number of guanidine groups is 1. The first-order valence-electron chi connectivity index (χ1n) is 10.0. The second-order valence-electron chi connectivity index (χ2n) is 8.39. The zero-order chi connectivity index (χ0) is 18.3. The van der Waals surface area contributed by atoms with Crippen molar-refractivity contribution in [3.05, 3.63) is 0 Å². The molecule has 1 atom stereocenters. The van der Waals surface area contributed by atoms with Crippen LogP contribution in [0.3, 0.4) is 0 Å². The quantitative estimate of drug-likeness (QED) is 0.482. The Labute approximate surface area is 154 Å². The van der Waals surface area contributed by atoms with E-state index in [0.717, 1.165) is 31.3 Å². The van der Waals surface area contributed by atoms with Gasteiger partial charge in [-0.25, -0.2) is 8.42 Å². The Balaban J connectivity index is 1.80. The summed E-state index contributed by atoms with van der Waals surface area (Å²) in [5.41, 5.74) is -0.110. The van der Waals surface area contributed by atoms with E-state index < -0.39 is 9.84 Å². The number of sulfone groups is 1. The highest BCUT2D eigenvalue weighted by molar-refractivity contribution is 7.90. The van der Waals surface area contributed by atoms with Gasteiger partial charge in [0.1, 0.15) is 9.84 Å². The smallest absolute Gasteiger partial charge is 0.191 e. The van der Waals surface area contributed by atoms with Crippen LogP contribution in [0.15, 0.2) is 4.99 Å². The molecule has 5 nitrogen and oxygen atoms in total. The van der Waals surface area contributed by atoms with E-state index in [0.29, 0.717) is 12.6 Å². The molecule has 2 aliphatic carbocycles. The molecule has 0 heterocycles. The van der Waals surface area contributed by atoms with Crippen LogP contribution in [0.2, 0.25) is 0 Å². The first kappa shape index (κ1) is 20.5. The van der Waals surface area contributed by atoms with Crippen molar-refractivity contribution >= 4 is 15.8 Å². The van der Waals surface area contributed by atoms with Crippen LogP contribution in [0.5, 0.6) is 0 Å². The highest BCUT2D eigenvalue weighted by atomic mass is 32.2. The van der Waals surface area contributed by atoms with Crippen LogP contribution in [-0.4, -0.2) is 45.5 Å². The summed E-state index contributed by atoms with van der Waals surface area (Å²) in [5, 5.41) is 6.81. The van der Waals surface area contributed by atoms with E-state index >= 15 is 0 Å². The van der Waals surface area contributed by atoms with Crippen molar-refractivity contribution < 1.29 is 8.42 Å². The molecule has 6 heteroatoms. The fourth-order valence-corrected chi connectivity index (χ4v) is 5.41. The van der Waals surface area contributed by atoms with E-state index in [4.69, 9.17) is 4.99 Å². The molecule has 2 N–H and O–H groups in total. The summed E-state index contributed by atoms with van der Waals surface area (Å²) in [7, 11) is -2.93. The lowest BCUT2D eigenvalue weighted by Gasteiger charge is -2.24. The van der Waals surface area contributed by atoms with Crippen molar-refractivity contribution in [2.24, 2.45) is 16.3 Å². The molecule has 2 aliphatic rings. The molecule has 0 amide bonds. The molecular formula is C19H37N3O2S. The summed E-state index contributed by atoms with van der Waals surface area (Å²) < 4.78 is 23.2. The van der Waals surface area contributed by atoms with Crippen LogP contribution in [-0.2, 0) is 9.84 Å². The van der Waals surface area contributed by atoms with Crippen molar-refractivity contribution in [3.8, 4) is 0 Å². The molecule has 1 unspecified atom stereocenters. The van der Waals surface area contributed by atoms with Gasteiger partial charge in [-0.2, -0.15) is 0 Å². The van der Waals surface area contributed by atoms with Gasteiger partial charge in [0.2, 0.25) is 0 Å². The van der Waals surface area contributed by atoms with E-state index in [9.17, 15) is 8.42 Å². The maximum Gasteiger partial charge on any atom is 0.191 e. The predicted octanol–water partition coefficient (Wildman–Crippen LogP) is 3.12. The first-order chi connectivity index (χ1) is 11.8. The van der Waals surface area contributed by atoms with Crippen molar-refractivity contribution in [3.63, 3.8) is 0 Å². The molecule has 2 rings (SSSR count). The van der Waals surface area contributed by atoms with Gasteiger partial charge in [-0.05, 0) is 45.4 Å². The van der Waals surface area contributed by atoms with Crippen molar-refractivity contribution in [2.75, 3.05) is 25.1 Å². The molecule has 146 valence electrons. The molecule has 0 saturated heterocycles. The molecule has 0 aromatic carbocycles. The third kappa shape index (κ3) is 7.97. The lowest BCUT2D eigenvalue weighted by molar-refractivity contribution is 0.322. The zero-order valence-corrected chi connectivity index (χ0v) is 17.1. The van der Waals surface area contributed by atoms with Crippen LogP contribution in [0.25, 0.3) is 0 Å². The summed E-state index contributed by atoms with van der Waals surface area (Å²) >= 11 is 0. The number of hydrogen-bond donors (Lipinski definition) is 2. The molecule has 0 aliphatic heterocycles. The number of aliphatic imine (C=N–C) groups is 1. The Morgan fingerprint density at radius 1 is 1.24 bits per heavy atom. The third-order valence-electron chi connectivity index (χ3n) is 5.56. The number of nitrogens with one attached hydrogen (secondary N) is 2. The Morgan fingerprint density at radius 3 is 2.48 bits per heavy atom. The van der Waals surface area contributed by atoms with Gasteiger partial charge in [-0.1, -0.05) is 32.1 Å². The van der Waals surface area contributed by atoms with E-state index in [1.807, 2.05) is 0 Å². The Bertz CT molecular complexity index is 535. The fourth-order valence-electron chi connectivity index (χ4n) is 3.91. The Morgan fingerprint density at radius 2 is 1.92 bits per heavy atom. The molecule has 0 aromatic heterocycles. The highest BCUT2D eigenvalue weighted by Gasteiger charge is 2.45. The van der Waals surface area contributed by atoms with Gasteiger partial charge in [-0.3, -0.25) is 4.99 Å². The average molecular weight is 372 g/mol. The average Bonchev–Trinajstić information content (AvgIpc) is 3.30. The number of nitrogens with zero attached hydrogens (tertiary/aromatic N) is 1. The van der Waals surface area contributed by atoms with Crippen LogP contribution in [0.4, 0.5) is 0 Å². The first-order valence-corrected chi connectivity index (χ1v) is 12.1. The Kier molecular flexibility index (Phi) is 7.59. The van der Waals surface area contributed by atoms with Crippen LogP contribution in [0.1, 0.15) is 71.6 Å². The van der Waals surface area contributed by atoms with E-state index in [1.54, 1.807) is 0 Å². The minimum atomic E-state index is -2.93. The van der Waals surface area contributed by atoms with E-state index in [-0.39, 0.29) is 11.2 Å². The van der Waals surface area contributed by atoms with Crippen LogP contribution < -0.4 is 10.6 Å².